The van der Waals surface area contributed by atoms with Crippen molar-refractivity contribution in [1.29, 1.82) is 0 Å². The Morgan fingerprint density at radius 3 is 2.52 bits per heavy atom. The topological polar surface area (TPSA) is 80.5 Å². The fourth-order valence-electron chi connectivity index (χ4n) is 2.93. The minimum Gasteiger partial charge on any atom is -0.338 e. The van der Waals surface area contributed by atoms with E-state index in [0.29, 0.717) is 25.1 Å². The molecule has 0 atom stereocenters. The first kappa shape index (κ1) is 15.7. The lowest BCUT2D eigenvalue weighted by atomic mass is 9.99. The number of primary sulfonamides is 1. The number of hydrogen-bond acceptors (Lipinski definition) is 3. The number of nitrogens with two attached hydrogens (primary N) is 1. The molecule has 1 heterocycles. The Bertz CT molecular complexity index is 846. The van der Waals surface area contributed by atoms with Crippen molar-refractivity contribution in [3.05, 3.63) is 65.2 Å². The number of rotatable bonds is 4. The molecular weight excluding hydrogens is 312 g/mol. The van der Waals surface area contributed by atoms with Gasteiger partial charge in [-0.05, 0) is 36.1 Å². The van der Waals surface area contributed by atoms with E-state index in [1.54, 1.807) is 23.1 Å². The van der Waals surface area contributed by atoms with Gasteiger partial charge in [0.1, 0.15) is 0 Å². The summed E-state index contributed by atoms with van der Waals surface area (Å²) in [6.07, 6.45) is 1.28. The molecule has 3 rings (SSSR count). The van der Waals surface area contributed by atoms with E-state index in [-0.39, 0.29) is 10.8 Å². The Balaban J connectivity index is 1.77. The maximum atomic E-state index is 12.5. The predicted octanol–water partition coefficient (Wildman–Crippen LogP) is 1.57. The quantitative estimate of drug-likeness (QED) is 0.924. The lowest BCUT2D eigenvalue weighted by Crippen LogP contribution is -2.39. The number of sulfonamides is 1. The number of amides is 1. The monoisotopic (exact) mass is 330 g/mol. The Hall–Kier alpha value is -2.18. The smallest absolute Gasteiger partial charge is 0.254 e. The highest BCUT2D eigenvalue weighted by Gasteiger charge is 2.24. The van der Waals surface area contributed by atoms with Gasteiger partial charge in [0, 0.05) is 18.7 Å². The minimum atomic E-state index is -3.75. The third-order valence-corrected chi connectivity index (χ3v) is 5.13. The highest BCUT2D eigenvalue weighted by molar-refractivity contribution is 7.89. The van der Waals surface area contributed by atoms with Crippen LogP contribution in [-0.2, 0) is 22.9 Å². The van der Waals surface area contributed by atoms with Crippen LogP contribution in [0, 0.1) is 0 Å². The van der Waals surface area contributed by atoms with E-state index < -0.39 is 10.0 Å². The summed E-state index contributed by atoms with van der Waals surface area (Å²) in [7, 11) is -3.75. The lowest BCUT2D eigenvalue weighted by molar-refractivity contribution is 0.0741. The van der Waals surface area contributed by atoms with Gasteiger partial charge in [0.2, 0.25) is 10.0 Å². The van der Waals surface area contributed by atoms with Crippen LogP contribution in [0.25, 0.3) is 0 Å². The van der Waals surface area contributed by atoms with Crippen LogP contribution >= 0.6 is 0 Å². The van der Waals surface area contributed by atoms with Crippen LogP contribution in [0.2, 0.25) is 0 Å². The average Bonchev–Trinajstić information content (AvgIpc) is 2.54. The third-order valence-electron chi connectivity index (χ3n) is 4.12. The van der Waals surface area contributed by atoms with E-state index in [2.05, 4.69) is 0 Å². The molecule has 0 bridgehead atoms. The molecule has 0 radical (unpaired) electrons. The summed E-state index contributed by atoms with van der Waals surface area (Å²) in [4.78, 5) is 14.4. The van der Waals surface area contributed by atoms with Crippen molar-refractivity contribution in [3.8, 4) is 0 Å². The van der Waals surface area contributed by atoms with E-state index in [9.17, 15) is 13.2 Å². The molecule has 0 saturated heterocycles. The largest absolute Gasteiger partial charge is 0.338 e. The summed E-state index contributed by atoms with van der Waals surface area (Å²) in [5, 5.41) is 5.25. The second-order valence-corrected chi connectivity index (χ2v) is 7.13. The fraction of sp³-hybridized carbons (Fsp3) is 0.235. The van der Waals surface area contributed by atoms with Crippen LogP contribution < -0.4 is 5.14 Å². The summed E-state index contributed by atoms with van der Waals surface area (Å²) in [5.74, 6) is -0.0000586. The number of carbonyl (C=O) groups excluding carboxylic acids is 1. The van der Waals surface area contributed by atoms with Crippen LogP contribution in [0.15, 0.2) is 53.4 Å². The van der Waals surface area contributed by atoms with Gasteiger partial charge in [-0.2, -0.15) is 0 Å². The zero-order chi connectivity index (χ0) is 16.4. The highest BCUT2D eigenvalue weighted by Crippen LogP contribution is 2.20. The number of carbonyl (C=O) groups is 1. The molecule has 6 heteroatoms. The average molecular weight is 330 g/mol. The van der Waals surface area contributed by atoms with Gasteiger partial charge in [-0.1, -0.05) is 36.4 Å². The molecule has 0 spiro atoms. The maximum Gasteiger partial charge on any atom is 0.254 e. The maximum absolute atomic E-state index is 12.5. The van der Waals surface area contributed by atoms with Crippen molar-refractivity contribution in [3.63, 3.8) is 0 Å². The van der Waals surface area contributed by atoms with Crippen molar-refractivity contribution >= 4 is 15.9 Å². The summed E-state index contributed by atoms with van der Waals surface area (Å²) in [5.41, 5.74) is 2.44. The highest BCUT2D eigenvalue weighted by atomic mass is 32.2. The minimum absolute atomic E-state index is 0.0000586. The molecule has 23 heavy (non-hydrogen) atoms. The Kier molecular flexibility index (Phi) is 4.19. The Morgan fingerprint density at radius 1 is 1.04 bits per heavy atom. The van der Waals surface area contributed by atoms with Gasteiger partial charge >= 0.3 is 0 Å². The first-order valence-corrected chi connectivity index (χ1v) is 8.99. The molecule has 5 nitrogen and oxygen atoms in total. The van der Waals surface area contributed by atoms with Crippen LogP contribution in [0.3, 0.4) is 0 Å². The van der Waals surface area contributed by atoms with Crippen molar-refractivity contribution < 1.29 is 13.2 Å². The van der Waals surface area contributed by atoms with Gasteiger partial charge in [-0.25, -0.2) is 13.6 Å². The van der Waals surface area contributed by atoms with Gasteiger partial charge in [0.25, 0.3) is 5.91 Å². The zero-order valence-electron chi connectivity index (χ0n) is 12.6. The second kappa shape index (κ2) is 6.14. The molecule has 0 unspecified atom stereocenters. The van der Waals surface area contributed by atoms with Crippen LogP contribution in [0.5, 0.6) is 0 Å². The van der Waals surface area contributed by atoms with E-state index in [1.807, 2.05) is 24.3 Å². The number of nitrogens with zero attached hydrogens (tertiary/aromatic N) is 1. The van der Waals surface area contributed by atoms with Crippen LogP contribution in [-0.4, -0.2) is 32.3 Å². The molecule has 1 aliphatic heterocycles. The molecule has 0 fully saturated rings. The third kappa shape index (κ3) is 3.28. The molecule has 2 aromatic carbocycles. The lowest BCUT2D eigenvalue weighted by Gasteiger charge is -2.28. The predicted molar refractivity (Wildman–Crippen MR) is 87.6 cm³/mol. The number of fused-ring (bicyclic) bond motifs is 1. The van der Waals surface area contributed by atoms with Gasteiger partial charge in [0.15, 0.2) is 0 Å². The van der Waals surface area contributed by atoms with Crippen molar-refractivity contribution in [2.75, 3.05) is 13.1 Å². The molecule has 1 amide bonds. The molecule has 2 N–H and O–H groups in total. The van der Waals surface area contributed by atoms with E-state index >= 15 is 0 Å². The summed E-state index contributed by atoms with van der Waals surface area (Å²) < 4.78 is 23.3. The fourth-order valence-corrected chi connectivity index (χ4v) is 3.73. The second-order valence-electron chi connectivity index (χ2n) is 5.60. The summed E-state index contributed by atoms with van der Waals surface area (Å²) >= 11 is 0. The first-order chi connectivity index (χ1) is 11.0. The summed E-state index contributed by atoms with van der Waals surface area (Å²) in [6.45, 7) is 1.12. The van der Waals surface area contributed by atoms with Crippen LogP contribution in [0.4, 0.5) is 0 Å². The van der Waals surface area contributed by atoms with Crippen molar-refractivity contribution in [2.24, 2.45) is 5.14 Å². The molecule has 2 aromatic rings. The molecular formula is C17H18N2O3S. The molecule has 0 aliphatic carbocycles. The van der Waals surface area contributed by atoms with Gasteiger partial charge < -0.3 is 4.90 Å². The van der Waals surface area contributed by atoms with Crippen molar-refractivity contribution in [1.82, 2.24) is 4.90 Å². The van der Waals surface area contributed by atoms with Gasteiger partial charge in [-0.15, -0.1) is 0 Å². The standard InChI is InChI=1S/C17H18N2O3S/c18-23(21,22)16-8-4-2-6-14(16)10-12-19-11-9-13-5-1-3-7-15(13)17(19)20/h1-8H,9-12H2,(H2,18,21,22). The first-order valence-electron chi connectivity index (χ1n) is 7.45. The summed E-state index contributed by atoms with van der Waals surface area (Å²) in [6, 6.07) is 14.3. The number of benzene rings is 2. The Morgan fingerprint density at radius 2 is 1.74 bits per heavy atom. The van der Waals surface area contributed by atoms with E-state index in [1.165, 1.54) is 6.07 Å². The normalized spacial score (nSPS) is 14.7. The number of hydrogen-bond donors (Lipinski definition) is 1. The van der Waals surface area contributed by atoms with Crippen LogP contribution in [0.1, 0.15) is 21.5 Å². The molecule has 0 aromatic heterocycles. The molecule has 120 valence electrons. The molecule has 0 saturated carbocycles. The zero-order valence-corrected chi connectivity index (χ0v) is 13.4. The SMILES string of the molecule is NS(=O)(=O)c1ccccc1CCN1CCc2ccccc2C1=O. The van der Waals surface area contributed by atoms with Gasteiger partial charge in [-0.3, -0.25) is 4.79 Å². The van der Waals surface area contributed by atoms with E-state index in [0.717, 1.165) is 17.5 Å². The van der Waals surface area contributed by atoms with E-state index in [4.69, 9.17) is 5.14 Å². The Labute approximate surface area is 135 Å². The van der Waals surface area contributed by atoms with Crippen molar-refractivity contribution in [2.45, 2.75) is 17.7 Å². The molecule has 1 aliphatic rings. The van der Waals surface area contributed by atoms with Gasteiger partial charge in [0.05, 0.1) is 4.90 Å².